The standard InChI is InChI=1S/C47H27N5O.Pt/c1-4-11-30(12-5-1)35-22-23-36(31-13-6-2-7-14-31)45-43(35)37-20-18-33(27-39(37)46-49-25-26-51(45)46)53-34-19-21-38-40(28-34)47-50-29-42(32-15-8-3-9-16-32)52(47)41-17-10-24-48-44(38)41;/h1-26,29H;/q-2;+2. The van der Waals surface area contributed by atoms with E-state index in [0.29, 0.717) is 11.5 Å². The van der Waals surface area contributed by atoms with Gasteiger partial charge in [-0.05, 0) is 39.8 Å². The van der Waals surface area contributed by atoms with E-state index in [4.69, 9.17) is 19.7 Å². The van der Waals surface area contributed by atoms with Crippen LogP contribution >= 0.6 is 0 Å². The third kappa shape index (κ3) is 4.95. The van der Waals surface area contributed by atoms with Gasteiger partial charge < -0.3 is 13.5 Å². The maximum Gasteiger partial charge on any atom is 2.00 e. The topological polar surface area (TPSA) is 56.7 Å². The molecular formula is C47H27N5OPt. The SMILES string of the molecule is [Pt+2].[c-]1c(Oc2[c-]c3c(cc2)c2ncccc2n2c(-c4ccccc4)cnc32)ccc2c1c1nccn1c1c(-c3ccccc3)ccc(-c3ccccc3)c21. The summed E-state index contributed by atoms with van der Waals surface area (Å²) in [6, 6.07) is 55.2. The van der Waals surface area contributed by atoms with Crippen LogP contribution in [0, 0.1) is 12.1 Å². The van der Waals surface area contributed by atoms with Crippen LogP contribution in [0.4, 0.5) is 0 Å². The average molecular weight is 873 g/mol. The molecule has 0 fully saturated rings. The first kappa shape index (κ1) is 32.1. The predicted molar refractivity (Wildman–Crippen MR) is 212 cm³/mol. The minimum Gasteiger partial charge on any atom is -0.497 e. The molecule has 0 spiro atoms. The number of fused-ring (bicyclic) bond motifs is 12. The maximum absolute atomic E-state index is 6.59. The van der Waals surface area contributed by atoms with Gasteiger partial charge in [0.1, 0.15) is 0 Å². The zero-order valence-corrected chi connectivity index (χ0v) is 30.8. The fourth-order valence-corrected chi connectivity index (χ4v) is 7.81. The van der Waals surface area contributed by atoms with Crippen LogP contribution in [0.2, 0.25) is 0 Å². The normalized spacial score (nSPS) is 11.6. The Labute approximate surface area is 324 Å². The van der Waals surface area contributed by atoms with Crippen LogP contribution in [0.15, 0.2) is 164 Å². The summed E-state index contributed by atoms with van der Waals surface area (Å²) in [5.74, 6) is 1.13. The number of imidazole rings is 2. The van der Waals surface area contributed by atoms with Gasteiger partial charge in [0.15, 0.2) is 0 Å². The smallest absolute Gasteiger partial charge is 0.497 e. The molecule has 0 bridgehead atoms. The summed E-state index contributed by atoms with van der Waals surface area (Å²) in [7, 11) is 0. The zero-order valence-electron chi connectivity index (χ0n) is 28.5. The molecule has 5 heterocycles. The van der Waals surface area contributed by atoms with E-state index in [2.05, 4.69) is 118 Å². The van der Waals surface area contributed by atoms with Gasteiger partial charge in [-0.3, -0.25) is 15.0 Å². The number of ether oxygens (including phenoxy) is 1. The van der Waals surface area contributed by atoms with Crippen LogP contribution in [-0.4, -0.2) is 23.8 Å². The summed E-state index contributed by atoms with van der Waals surface area (Å²) in [5, 5.41) is 4.85. The number of rotatable bonds is 5. The summed E-state index contributed by atoms with van der Waals surface area (Å²) in [5.41, 5.74) is 11.2. The third-order valence-electron chi connectivity index (χ3n) is 10.1. The van der Waals surface area contributed by atoms with E-state index in [-0.39, 0.29) is 21.1 Å². The molecule has 0 N–H and O–H groups in total. The average Bonchev–Trinajstić information content (AvgIpc) is 3.91. The van der Waals surface area contributed by atoms with Crippen LogP contribution in [0.1, 0.15) is 0 Å². The number of nitrogens with zero attached hydrogens (tertiary/aromatic N) is 5. The summed E-state index contributed by atoms with van der Waals surface area (Å²) >= 11 is 0. The molecule has 0 saturated carbocycles. The van der Waals surface area contributed by atoms with E-state index in [1.54, 1.807) is 0 Å². The molecule has 5 aromatic heterocycles. The van der Waals surface area contributed by atoms with Crippen molar-refractivity contribution in [2.45, 2.75) is 0 Å². The Morgan fingerprint density at radius 3 is 1.87 bits per heavy atom. The van der Waals surface area contributed by atoms with Crippen molar-refractivity contribution in [1.29, 1.82) is 0 Å². The Bertz CT molecular complexity index is 3190. The van der Waals surface area contributed by atoms with E-state index in [9.17, 15) is 0 Å². The summed E-state index contributed by atoms with van der Waals surface area (Å²) in [6.45, 7) is 0. The maximum atomic E-state index is 6.59. The molecular weight excluding hydrogens is 846 g/mol. The Balaban J connectivity index is 0.00000361. The summed E-state index contributed by atoms with van der Waals surface area (Å²) in [4.78, 5) is 14.6. The number of aromatic nitrogens is 5. The molecule has 0 aliphatic carbocycles. The molecule has 7 heteroatoms. The molecule has 6 aromatic carbocycles. The van der Waals surface area contributed by atoms with Crippen molar-refractivity contribution in [3.8, 4) is 45.0 Å². The van der Waals surface area contributed by atoms with Crippen LogP contribution in [0.3, 0.4) is 0 Å². The van der Waals surface area contributed by atoms with Gasteiger partial charge in [-0.2, -0.15) is 0 Å². The summed E-state index contributed by atoms with van der Waals surface area (Å²) in [6.07, 6.45) is 7.64. The van der Waals surface area contributed by atoms with Crippen LogP contribution < -0.4 is 4.74 Å². The molecule has 0 unspecified atom stereocenters. The van der Waals surface area contributed by atoms with Crippen molar-refractivity contribution in [3.63, 3.8) is 0 Å². The monoisotopic (exact) mass is 872 g/mol. The Morgan fingerprint density at radius 2 is 1.15 bits per heavy atom. The first-order valence-corrected chi connectivity index (χ1v) is 17.5. The minimum atomic E-state index is 0. The third-order valence-corrected chi connectivity index (χ3v) is 10.1. The molecule has 0 radical (unpaired) electrons. The van der Waals surface area contributed by atoms with Gasteiger partial charge in [0.25, 0.3) is 0 Å². The zero-order chi connectivity index (χ0) is 34.9. The molecule has 0 amide bonds. The second kappa shape index (κ2) is 12.8. The second-order valence-corrected chi connectivity index (χ2v) is 13.1. The molecule has 0 aliphatic rings. The molecule has 256 valence electrons. The van der Waals surface area contributed by atoms with Crippen LogP contribution in [0.25, 0.3) is 88.3 Å². The van der Waals surface area contributed by atoms with E-state index in [0.717, 1.165) is 88.3 Å². The quantitative estimate of drug-likeness (QED) is 0.128. The van der Waals surface area contributed by atoms with Crippen LogP contribution in [0.5, 0.6) is 11.5 Å². The summed E-state index contributed by atoms with van der Waals surface area (Å²) < 4.78 is 10.9. The molecule has 11 rings (SSSR count). The molecule has 11 aromatic rings. The largest absolute Gasteiger partial charge is 2.00 e. The molecule has 0 aliphatic heterocycles. The van der Waals surface area contributed by atoms with Crippen molar-refractivity contribution in [2.24, 2.45) is 0 Å². The van der Waals surface area contributed by atoms with Gasteiger partial charge in [0, 0.05) is 47.4 Å². The first-order valence-electron chi connectivity index (χ1n) is 17.5. The van der Waals surface area contributed by atoms with Gasteiger partial charge in [0.05, 0.1) is 28.0 Å². The van der Waals surface area contributed by atoms with Crippen molar-refractivity contribution in [3.05, 3.63) is 176 Å². The van der Waals surface area contributed by atoms with Gasteiger partial charge >= 0.3 is 21.1 Å². The number of hydrogen-bond acceptors (Lipinski definition) is 4. The molecule has 0 saturated heterocycles. The van der Waals surface area contributed by atoms with E-state index in [1.165, 1.54) is 0 Å². The fraction of sp³-hybridized carbons (Fsp3) is 0. The Morgan fingerprint density at radius 1 is 0.519 bits per heavy atom. The number of pyridine rings is 3. The van der Waals surface area contributed by atoms with Crippen molar-refractivity contribution >= 4 is 54.8 Å². The van der Waals surface area contributed by atoms with E-state index >= 15 is 0 Å². The van der Waals surface area contributed by atoms with Gasteiger partial charge in [-0.25, -0.2) is 0 Å². The van der Waals surface area contributed by atoms with Crippen molar-refractivity contribution < 1.29 is 25.8 Å². The minimum absolute atomic E-state index is 0. The van der Waals surface area contributed by atoms with E-state index < -0.39 is 0 Å². The fourth-order valence-electron chi connectivity index (χ4n) is 7.81. The van der Waals surface area contributed by atoms with Gasteiger partial charge in [0.2, 0.25) is 0 Å². The molecule has 6 nitrogen and oxygen atoms in total. The van der Waals surface area contributed by atoms with Crippen molar-refractivity contribution in [1.82, 2.24) is 23.8 Å². The Kier molecular flexibility index (Phi) is 7.60. The van der Waals surface area contributed by atoms with E-state index in [1.807, 2.05) is 67.3 Å². The van der Waals surface area contributed by atoms with Gasteiger partial charge in [-0.15, -0.1) is 12.1 Å². The molecule has 54 heavy (non-hydrogen) atoms. The predicted octanol–water partition coefficient (Wildman–Crippen LogP) is 11.4. The second-order valence-electron chi connectivity index (χ2n) is 13.1. The van der Waals surface area contributed by atoms with Gasteiger partial charge in [-0.1, -0.05) is 149 Å². The number of hydrogen-bond donors (Lipinski definition) is 0. The Hall–Kier alpha value is -6.62. The van der Waals surface area contributed by atoms with Crippen molar-refractivity contribution in [2.75, 3.05) is 0 Å². The number of benzene rings is 6. The van der Waals surface area contributed by atoms with Crippen LogP contribution in [-0.2, 0) is 21.1 Å². The first-order chi connectivity index (χ1) is 26.3. The molecule has 0 atom stereocenters.